The maximum absolute atomic E-state index is 13.7. The molecule has 2 aromatic rings. The fraction of sp³-hybridized carbons (Fsp3) is 0. The van der Waals surface area contributed by atoms with E-state index in [1.807, 2.05) is 0 Å². The van der Waals surface area contributed by atoms with Gasteiger partial charge in [-0.2, -0.15) is 8.42 Å². The Morgan fingerprint density at radius 2 is 1.65 bits per heavy atom. The highest BCUT2D eigenvalue weighted by Gasteiger charge is 2.17. The molecule has 0 aliphatic heterocycles. The van der Waals surface area contributed by atoms with Crippen LogP contribution in [-0.2, 0) is 14.6 Å². The fourth-order valence-electron chi connectivity index (χ4n) is 1.48. The first-order chi connectivity index (χ1) is 9.46. The van der Waals surface area contributed by atoms with Gasteiger partial charge in [-0.25, -0.2) is 9.38 Å². The highest BCUT2D eigenvalue weighted by molar-refractivity contribution is 7.81. The van der Waals surface area contributed by atoms with E-state index in [4.69, 9.17) is 4.55 Å². The van der Waals surface area contributed by atoms with E-state index in [0.717, 1.165) is 6.07 Å². The van der Waals surface area contributed by atoms with Crippen LogP contribution in [0.25, 0.3) is 0 Å². The number of nitrogens with zero attached hydrogens (tertiary/aromatic N) is 1. The van der Waals surface area contributed by atoms with Gasteiger partial charge in [-0.15, -0.1) is 0 Å². The smallest absolute Gasteiger partial charge is 0.340 e. The third-order valence-corrected chi connectivity index (χ3v) is 2.64. The monoisotopic (exact) mass is 295 g/mol. The Hall–Kier alpha value is -2.25. The van der Waals surface area contributed by atoms with Gasteiger partial charge in [0.15, 0.2) is 0 Å². The van der Waals surface area contributed by atoms with Crippen LogP contribution in [0, 0.1) is 5.82 Å². The lowest BCUT2D eigenvalue weighted by molar-refractivity contribution is 0.382. The Bertz CT molecular complexity index is 729. The van der Waals surface area contributed by atoms with Gasteiger partial charge >= 0.3 is 10.4 Å². The SMILES string of the molecule is O=S(=O)(O)OC(=Nc1ccccc1)c1ccccc1F. The second-order valence-electron chi connectivity index (χ2n) is 3.74. The number of halogens is 1. The molecule has 2 aromatic carbocycles. The Balaban J connectivity index is 2.51. The number of para-hydroxylation sites is 1. The van der Waals surface area contributed by atoms with Gasteiger partial charge < -0.3 is 4.18 Å². The molecule has 0 saturated carbocycles. The molecule has 0 unspecified atom stereocenters. The average Bonchev–Trinajstić information content (AvgIpc) is 2.38. The fourth-order valence-corrected chi connectivity index (χ4v) is 1.80. The van der Waals surface area contributed by atoms with E-state index in [1.165, 1.54) is 18.2 Å². The Labute approximate surface area is 115 Å². The number of hydrogen-bond acceptors (Lipinski definition) is 4. The molecule has 104 valence electrons. The summed E-state index contributed by atoms with van der Waals surface area (Å²) in [5, 5.41) is 0. The van der Waals surface area contributed by atoms with Crippen LogP contribution < -0.4 is 0 Å². The molecule has 7 heteroatoms. The second-order valence-corrected chi connectivity index (χ2v) is 4.77. The zero-order valence-electron chi connectivity index (χ0n) is 10.1. The first-order valence-electron chi connectivity index (χ1n) is 5.51. The van der Waals surface area contributed by atoms with Crippen molar-refractivity contribution in [3.63, 3.8) is 0 Å². The zero-order chi connectivity index (χ0) is 14.6. The third kappa shape index (κ3) is 3.87. The molecule has 0 aromatic heterocycles. The van der Waals surface area contributed by atoms with E-state index in [-0.39, 0.29) is 5.56 Å². The van der Waals surface area contributed by atoms with Crippen LogP contribution in [-0.4, -0.2) is 18.9 Å². The lowest BCUT2D eigenvalue weighted by Gasteiger charge is -2.07. The van der Waals surface area contributed by atoms with Crippen LogP contribution in [0.3, 0.4) is 0 Å². The summed E-state index contributed by atoms with van der Waals surface area (Å²) in [5.41, 5.74) is 0.184. The first kappa shape index (κ1) is 14.2. The van der Waals surface area contributed by atoms with Gasteiger partial charge in [0.1, 0.15) is 5.82 Å². The summed E-state index contributed by atoms with van der Waals surface area (Å²) in [7, 11) is -4.81. The predicted molar refractivity (Wildman–Crippen MR) is 71.7 cm³/mol. The summed E-state index contributed by atoms with van der Waals surface area (Å²) in [4.78, 5) is 3.89. The number of aliphatic imine (C=N–C) groups is 1. The standard InChI is InChI=1S/C13H10FNO4S/c14-12-9-5-4-8-11(12)13(19-20(16,17)18)15-10-6-2-1-3-7-10/h1-9H,(H,16,17,18). The van der Waals surface area contributed by atoms with Crippen LogP contribution in [0.15, 0.2) is 59.6 Å². The van der Waals surface area contributed by atoms with Crippen molar-refractivity contribution < 1.29 is 21.5 Å². The molecule has 0 bridgehead atoms. The van der Waals surface area contributed by atoms with E-state index >= 15 is 0 Å². The van der Waals surface area contributed by atoms with Crippen molar-refractivity contribution in [1.29, 1.82) is 0 Å². The lowest BCUT2D eigenvalue weighted by Crippen LogP contribution is -2.14. The van der Waals surface area contributed by atoms with Crippen molar-refractivity contribution in [2.75, 3.05) is 0 Å². The van der Waals surface area contributed by atoms with Crippen molar-refractivity contribution in [2.45, 2.75) is 0 Å². The maximum Gasteiger partial charge on any atom is 0.448 e. The summed E-state index contributed by atoms with van der Waals surface area (Å²) in [6.07, 6.45) is 0. The minimum atomic E-state index is -4.81. The normalized spacial score (nSPS) is 12.2. The van der Waals surface area contributed by atoms with Gasteiger partial charge in [-0.3, -0.25) is 4.55 Å². The molecular weight excluding hydrogens is 285 g/mol. The van der Waals surface area contributed by atoms with Crippen molar-refractivity contribution in [1.82, 2.24) is 0 Å². The molecule has 0 heterocycles. The molecule has 0 saturated heterocycles. The molecular formula is C13H10FNO4S. The van der Waals surface area contributed by atoms with Gasteiger partial charge in [-0.05, 0) is 24.3 Å². The van der Waals surface area contributed by atoms with Crippen molar-refractivity contribution in [3.8, 4) is 0 Å². The highest BCUT2D eigenvalue weighted by Crippen LogP contribution is 2.16. The lowest BCUT2D eigenvalue weighted by atomic mass is 10.2. The van der Waals surface area contributed by atoms with Gasteiger partial charge in [0, 0.05) is 0 Å². The molecule has 2 rings (SSSR count). The second kappa shape index (κ2) is 5.81. The molecule has 5 nitrogen and oxygen atoms in total. The van der Waals surface area contributed by atoms with Crippen LogP contribution in [0.4, 0.5) is 10.1 Å². The van der Waals surface area contributed by atoms with Crippen LogP contribution in [0.5, 0.6) is 0 Å². The number of hydrogen-bond donors (Lipinski definition) is 1. The van der Waals surface area contributed by atoms with Crippen LogP contribution in [0.2, 0.25) is 0 Å². The molecule has 20 heavy (non-hydrogen) atoms. The van der Waals surface area contributed by atoms with Gasteiger partial charge in [0.05, 0.1) is 11.3 Å². The summed E-state index contributed by atoms with van der Waals surface area (Å²) >= 11 is 0. The largest absolute Gasteiger partial charge is 0.448 e. The summed E-state index contributed by atoms with van der Waals surface area (Å²) in [6, 6.07) is 13.6. The van der Waals surface area contributed by atoms with Crippen LogP contribution >= 0.6 is 0 Å². The quantitative estimate of drug-likeness (QED) is 0.536. The Morgan fingerprint density at radius 1 is 1.05 bits per heavy atom. The molecule has 1 N–H and O–H groups in total. The van der Waals surface area contributed by atoms with Gasteiger partial charge in [-0.1, -0.05) is 30.3 Å². The van der Waals surface area contributed by atoms with E-state index in [0.29, 0.717) is 5.69 Å². The summed E-state index contributed by atoms with van der Waals surface area (Å²) < 4.78 is 48.5. The number of rotatable bonds is 3. The van der Waals surface area contributed by atoms with Crippen LogP contribution in [0.1, 0.15) is 5.56 Å². The predicted octanol–water partition coefficient (Wildman–Crippen LogP) is 2.72. The maximum atomic E-state index is 13.7. The van der Waals surface area contributed by atoms with E-state index < -0.39 is 22.1 Å². The Morgan fingerprint density at radius 3 is 2.25 bits per heavy atom. The molecule has 0 amide bonds. The minimum absolute atomic E-state index is 0.172. The first-order valence-corrected chi connectivity index (χ1v) is 6.88. The minimum Gasteiger partial charge on any atom is -0.340 e. The highest BCUT2D eigenvalue weighted by atomic mass is 32.3. The van der Waals surface area contributed by atoms with E-state index in [1.54, 1.807) is 30.3 Å². The summed E-state index contributed by atoms with van der Waals surface area (Å²) in [5.74, 6) is -1.26. The molecule has 0 atom stereocenters. The van der Waals surface area contributed by atoms with Crippen molar-refractivity contribution in [2.24, 2.45) is 4.99 Å². The zero-order valence-corrected chi connectivity index (χ0v) is 10.9. The molecule has 0 aliphatic rings. The third-order valence-electron chi connectivity index (χ3n) is 2.28. The van der Waals surface area contributed by atoms with Crippen molar-refractivity contribution >= 4 is 22.0 Å². The van der Waals surface area contributed by atoms with E-state index in [2.05, 4.69) is 9.18 Å². The molecule has 0 radical (unpaired) electrons. The molecule has 0 aliphatic carbocycles. The molecule has 0 spiro atoms. The number of benzene rings is 2. The van der Waals surface area contributed by atoms with E-state index in [9.17, 15) is 12.8 Å². The summed E-state index contributed by atoms with van der Waals surface area (Å²) in [6.45, 7) is 0. The van der Waals surface area contributed by atoms with Crippen molar-refractivity contribution in [3.05, 3.63) is 66.0 Å². The Kier molecular flexibility index (Phi) is 4.11. The average molecular weight is 295 g/mol. The van der Waals surface area contributed by atoms with Gasteiger partial charge in [0.2, 0.25) is 5.90 Å². The topological polar surface area (TPSA) is 76.0 Å². The molecule has 0 fully saturated rings. The van der Waals surface area contributed by atoms with Gasteiger partial charge in [0.25, 0.3) is 0 Å².